The van der Waals surface area contributed by atoms with Crippen molar-refractivity contribution in [3.8, 4) is 0 Å². The van der Waals surface area contributed by atoms with Crippen LogP contribution in [0.4, 0.5) is 34.3 Å². The normalized spacial score (nSPS) is 16.8. The zero-order valence-electron chi connectivity index (χ0n) is 28.2. The molecular weight excluding hydrogens is 592 g/mol. The molecule has 4 aliphatic rings. The molecule has 6 heterocycles. The minimum atomic E-state index is 0.907. The van der Waals surface area contributed by atoms with Crippen molar-refractivity contribution < 1.29 is 9.13 Å². The van der Waals surface area contributed by atoms with Crippen molar-refractivity contribution in [2.75, 3.05) is 36.0 Å². The first kappa shape index (κ1) is 30.8. The van der Waals surface area contributed by atoms with Gasteiger partial charge < -0.3 is 9.80 Å². The van der Waals surface area contributed by atoms with Crippen LogP contribution in [0.3, 0.4) is 0 Å². The van der Waals surface area contributed by atoms with Crippen LogP contribution >= 0.6 is 0 Å². The smallest absolute Gasteiger partial charge is 0.350 e. The number of aromatic nitrogens is 2. The van der Waals surface area contributed by atoms with E-state index in [4.69, 9.17) is 10.2 Å². The second kappa shape index (κ2) is 14.3. The van der Waals surface area contributed by atoms with E-state index in [1.807, 2.05) is 6.07 Å². The molecule has 4 aliphatic heterocycles. The van der Waals surface area contributed by atoms with Crippen LogP contribution in [0.1, 0.15) is 73.6 Å². The van der Waals surface area contributed by atoms with Gasteiger partial charge in [0, 0.05) is 56.1 Å². The number of unbranched alkanes of at least 4 members (excludes halogenated alkanes) is 3. The van der Waals surface area contributed by atoms with Gasteiger partial charge in [0.1, 0.15) is 17.9 Å². The molecule has 0 bridgehead atoms. The minimum absolute atomic E-state index is 0.907. The minimum Gasteiger partial charge on any atom is -0.371 e. The molecule has 0 radical (unpaired) electrons. The van der Waals surface area contributed by atoms with Crippen LogP contribution in [-0.2, 0) is 38.8 Å². The molecule has 2 aromatic heterocycles. The Kier molecular flexibility index (Phi) is 9.22. The van der Waals surface area contributed by atoms with Gasteiger partial charge in [0.05, 0.1) is 23.5 Å². The van der Waals surface area contributed by atoms with Gasteiger partial charge in [0.25, 0.3) is 0 Å². The Morgan fingerprint density at radius 2 is 1.06 bits per heavy atom. The molecule has 0 saturated carbocycles. The summed E-state index contributed by atoms with van der Waals surface area (Å²) >= 11 is 0. The first-order valence-corrected chi connectivity index (χ1v) is 18.4. The molecule has 8 heteroatoms. The lowest BCUT2D eigenvalue weighted by Crippen LogP contribution is -2.34. The first-order chi connectivity index (χ1) is 23.8. The number of nitrogens with zero attached hydrogens (tertiary/aromatic N) is 8. The van der Waals surface area contributed by atoms with E-state index in [1.165, 1.54) is 98.3 Å². The standard InChI is InChI=1S/C40H48N8/c1(4-18-45-19-11-16-35(30-45)41-42-36-26-31-12-7-22-47-23-8-13-32(27-36)39(31)47)2-5-20-46-21-6-3-17-38(46)44-43-37-28-33-14-9-24-48-25-10-15-34(29-37)40(33)48/h3,6,11,16-17,19,21,26-30H,1-2,4-5,7-10,12-15,18,20,22-25H2/q+2. The highest BCUT2D eigenvalue weighted by molar-refractivity contribution is 5.68. The van der Waals surface area contributed by atoms with Crippen LogP contribution in [-0.4, -0.2) is 26.2 Å². The van der Waals surface area contributed by atoms with E-state index in [9.17, 15) is 0 Å². The predicted molar refractivity (Wildman–Crippen MR) is 191 cm³/mol. The monoisotopic (exact) mass is 640 g/mol. The van der Waals surface area contributed by atoms with Gasteiger partial charge in [-0.25, -0.2) is 9.13 Å². The van der Waals surface area contributed by atoms with Crippen molar-refractivity contribution >= 4 is 34.3 Å². The Labute approximate surface area is 284 Å². The summed E-state index contributed by atoms with van der Waals surface area (Å²) in [5.41, 5.74) is 11.7. The molecule has 0 unspecified atom stereocenters. The van der Waals surface area contributed by atoms with Gasteiger partial charge in [-0.15, -0.1) is 5.11 Å². The third-order valence-electron chi connectivity index (χ3n) is 10.5. The lowest BCUT2D eigenvalue weighted by molar-refractivity contribution is -0.697. The Morgan fingerprint density at radius 3 is 1.67 bits per heavy atom. The van der Waals surface area contributed by atoms with Gasteiger partial charge in [-0.3, -0.25) is 0 Å². The Hall–Kier alpha value is -4.46. The highest BCUT2D eigenvalue weighted by Crippen LogP contribution is 2.39. The Bertz CT molecular complexity index is 1770. The number of benzene rings is 2. The third-order valence-corrected chi connectivity index (χ3v) is 10.5. The van der Waals surface area contributed by atoms with Crippen molar-refractivity contribution in [3.63, 3.8) is 0 Å². The molecule has 2 aromatic carbocycles. The first-order valence-electron chi connectivity index (χ1n) is 18.4. The molecular formula is C40H48N8+2. The highest BCUT2D eigenvalue weighted by atomic mass is 15.2. The maximum atomic E-state index is 4.73. The van der Waals surface area contributed by atoms with Crippen molar-refractivity contribution in [2.45, 2.75) is 90.1 Å². The van der Waals surface area contributed by atoms with Crippen LogP contribution in [0.2, 0.25) is 0 Å². The lowest BCUT2D eigenvalue weighted by Gasteiger charge is -2.36. The highest BCUT2D eigenvalue weighted by Gasteiger charge is 2.26. The fourth-order valence-corrected chi connectivity index (χ4v) is 8.29. The molecule has 48 heavy (non-hydrogen) atoms. The van der Waals surface area contributed by atoms with Crippen LogP contribution in [0.5, 0.6) is 0 Å². The van der Waals surface area contributed by atoms with Crippen molar-refractivity contribution in [1.82, 2.24) is 0 Å². The maximum Gasteiger partial charge on any atom is 0.350 e. The number of anilines is 2. The molecule has 0 amide bonds. The predicted octanol–water partition coefficient (Wildman–Crippen LogP) is 8.75. The summed E-state index contributed by atoms with van der Waals surface area (Å²) in [6.45, 7) is 6.72. The lowest BCUT2D eigenvalue weighted by atomic mass is 9.91. The van der Waals surface area contributed by atoms with Gasteiger partial charge in [-0.1, -0.05) is 6.07 Å². The number of aryl methyl sites for hydroxylation is 6. The van der Waals surface area contributed by atoms with Crippen molar-refractivity contribution in [3.05, 3.63) is 95.4 Å². The molecule has 0 aliphatic carbocycles. The van der Waals surface area contributed by atoms with Gasteiger partial charge >= 0.3 is 5.82 Å². The van der Waals surface area contributed by atoms with E-state index in [1.54, 1.807) is 0 Å². The Morgan fingerprint density at radius 1 is 0.521 bits per heavy atom. The quantitative estimate of drug-likeness (QED) is 0.0935. The molecule has 246 valence electrons. The summed E-state index contributed by atoms with van der Waals surface area (Å²) in [5.74, 6) is 0.920. The summed E-state index contributed by atoms with van der Waals surface area (Å²) in [6.07, 6.45) is 20.6. The second-order valence-corrected chi connectivity index (χ2v) is 14.0. The van der Waals surface area contributed by atoms with Gasteiger partial charge in [0.2, 0.25) is 0 Å². The number of azo groups is 2. The summed E-state index contributed by atoms with van der Waals surface area (Å²) in [5, 5.41) is 18.8. The van der Waals surface area contributed by atoms with Crippen LogP contribution < -0.4 is 18.9 Å². The zero-order chi connectivity index (χ0) is 32.1. The molecule has 0 atom stereocenters. The zero-order valence-corrected chi connectivity index (χ0v) is 28.2. The van der Waals surface area contributed by atoms with Gasteiger partial charge in [-0.05, 0) is 134 Å². The van der Waals surface area contributed by atoms with Crippen LogP contribution in [0.25, 0.3) is 0 Å². The maximum absolute atomic E-state index is 4.73. The van der Waals surface area contributed by atoms with Crippen molar-refractivity contribution in [2.24, 2.45) is 20.5 Å². The molecule has 0 spiro atoms. The van der Waals surface area contributed by atoms with Gasteiger partial charge in [0.15, 0.2) is 12.4 Å². The summed E-state index contributed by atoms with van der Waals surface area (Å²) in [7, 11) is 0. The fourth-order valence-electron chi connectivity index (χ4n) is 8.29. The molecule has 0 fully saturated rings. The van der Waals surface area contributed by atoms with Gasteiger partial charge in [-0.2, -0.15) is 5.11 Å². The average Bonchev–Trinajstić information content (AvgIpc) is 3.12. The number of pyridine rings is 2. The third kappa shape index (κ3) is 6.89. The topological polar surface area (TPSA) is 63.7 Å². The van der Waals surface area contributed by atoms with E-state index in [-0.39, 0.29) is 0 Å². The fraction of sp³-hybridized carbons (Fsp3) is 0.450. The summed E-state index contributed by atoms with van der Waals surface area (Å²) < 4.78 is 4.49. The molecule has 8 rings (SSSR count). The largest absolute Gasteiger partial charge is 0.371 e. The van der Waals surface area contributed by atoms with Crippen LogP contribution in [0, 0.1) is 0 Å². The SMILES string of the molecule is c1cc[n+](CCCCCC[n+]2cccc(N=Nc3cc4c5c(c3)CCCN5CCC4)c2)c(N=Nc2cc3c4c(c2)CCCN4CCC3)c1. The van der Waals surface area contributed by atoms with E-state index in [0.717, 1.165) is 74.5 Å². The van der Waals surface area contributed by atoms with Crippen molar-refractivity contribution in [1.29, 1.82) is 0 Å². The van der Waals surface area contributed by atoms with E-state index in [2.05, 4.69) is 96.3 Å². The van der Waals surface area contributed by atoms with E-state index >= 15 is 0 Å². The number of rotatable bonds is 11. The number of hydrogen-bond donors (Lipinski definition) is 0. The van der Waals surface area contributed by atoms with Crippen LogP contribution in [0.15, 0.2) is 93.6 Å². The number of hydrogen-bond acceptors (Lipinski definition) is 6. The Balaban J connectivity index is 0.823. The average molecular weight is 641 g/mol. The molecule has 0 N–H and O–H groups in total. The molecule has 0 saturated heterocycles. The second-order valence-electron chi connectivity index (χ2n) is 14.0. The summed E-state index contributed by atoms with van der Waals surface area (Å²) in [4.78, 5) is 5.15. The molecule has 4 aromatic rings. The summed E-state index contributed by atoms with van der Waals surface area (Å²) in [6, 6.07) is 19.4. The van der Waals surface area contributed by atoms with E-state index in [0.29, 0.717) is 0 Å². The molecule has 8 nitrogen and oxygen atoms in total. The van der Waals surface area contributed by atoms with E-state index < -0.39 is 0 Å².